The van der Waals surface area contributed by atoms with E-state index in [1.54, 1.807) is 27.9 Å². The maximum absolute atomic E-state index is 10.3. The van der Waals surface area contributed by atoms with Crippen LogP contribution in [-0.2, 0) is 0 Å². The first-order chi connectivity index (χ1) is 7.31. The van der Waals surface area contributed by atoms with Crippen LogP contribution in [0.2, 0.25) is 0 Å². The Labute approximate surface area is 105 Å². The van der Waals surface area contributed by atoms with Gasteiger partial charge in [0.25, 0.3) is 0 Å². The van der Waals surface area contributed by atoms with Gasteiger partial charge in [0, 0.05) is 0 Å². The van der Waals surface area contributed by atoms with Gasteiger partial charge in [0.1, 0.15) is 12.1 Å². The minimum atomic E-state index is -2.16. The number of rotatable bonds is 6. The van der Waals surface area contributed by atoms with Gasteiger partial charge in [-0.25, -0.2) is 4.79 Å². The number of alkyl halides is 1. The molecule has 9 heteroatoms. The van der Waals surface area contributed by atoms with Crippen LogP contribution in [0.5, 0.6) is 0 Å². The highest BCUT2D eigenvalue weighted by molar-refractivity contribution is 14.1. The summed E-state index contributed by atoms with van der Waals surface area (Å²) in [5.74, 6) is 0. The van der Waals surface area contributed by atoms with Gasteiger partial charge in [0.15, 0.2) is 6.29 Å². The van der Waals surface area contributed by atoms with Crippen molar-refractivity contribution in [2.24, 2.45) is 0 Å². The lowest BCUT2D eigenvalue weighted by molar-refractivity contribution is -0.117. The van der Waals surface area contributed by atoms with Gasteiger partial charge in [0.05, 0.1) is 16.6 Å². The van der Waals surface area contributed by atoms with Gasteiger partial charge in [-0.15, -0.1) is 0 Å². The van der Waals surface area contributed by atoms with E-state index in [9.17, 15) is 15.0 Å². The van der Waals surface area contributed by atoms with Crippen molar-refractivity contribution in [1.29, 1.82) is 0 Å². The Bertz CT molecular complexity index is 227. The lowest BCUT2D eigenvalue weighted by Gasteiger charge is -2.29. The highest BCUT2D eigenvalue weighted by Gasteiger charge is 2.35. The van der Waals surface area contributed by atoms with Crippen LogP contribution in [0.4, 0.5) is 4.79 Å². The standard InChI is InChI=1S/C7H14INO7/c8-2(1-10)4(11)5(12)3(6(13)14)9-7(15)16/h2-6,9-14H,1H2,(H,15,16). The van der Waals surface area contributed by atoms with E-state index in [0.29, 0.717) is 0 Å². The topological polar surface area (TPSA) is 150 Å². The van der Waals surface area contributed by atoms with E-state index in [4.69, 9.17) is 20.4 Å². The van der Waals surface area contributed by atoms with Gasteiger partial charge < -0.3 is 36.0 Å². The molecule has 0 spiro atoms. The van der Waals surface area contributed by atoms with Gasteiger partial charge in [-0.05, 0) is 0 Å². The smallest absolute Gasteiger partial charge is 0.405 e. The van der Waals surface area contributed by atoms with Crippen molar-refractivity contribution < 1.29 is 35.4 Å². The fraction of sp³-hybridized carbons (Fsp3) is 0.857. The minimum absolute atomic E-state index is 0.444. The van der Waals surface area contributed by atoms with Crippen LogP contribution < -0.4 is 5.32 Å². The number of nitrogens with one attached hydrogen (secondary N) is 1. The van der Waals surface area contributed by atoms with Gasteiger partial charge in [0.2, 0.25) is 0 Å². The lowest BCUT2D eigenvalue weighted by Crippen LogP contribution is -2.56. The van der Waals surface area contributed by atoms with Crippen molar-refractivity contribution >= 4 is 28.7 Å². The number of amides is 1. The molecule has 96 valence electrons. The second-order valence-corrected chi connectivity index (χ2v) is 4.67. The molecule has 0 aromatic heterocycles. The van der Waals surface area contributed by atoms with E-state index in [1.807, 2.05) is 0 Å². The summed E-state index contributed by atoms with van der Waals surface area (Å²) >= 11 is 1.64. The molecule has 8 nitrogen and oxygen atoms in total. The first-order valence-corrected chi connectivity index (χ1v) is 5.52. The Kier molecular flexibility index (Phi) is 7.10. The number of aliphatic hydroxyl groups excluding tert-OH is 4. The van der Waals surface area contributed by atoms with Gasteiger partial charge >= 0.3 is 6.09 Å². The molecule has 4 atom stereocenters. The Morgan fingerprint density at radius 1 is 1.19 bits per heavy atom. The summed E-state index contributed by atoms with van der Waals surface area (Å²) < 4.78 is -0.760. The first kappa shape index (κ1) is 15.8. The SMILES string of the molecule is O=C(O)NC(C(O)O)C(O)C(O)C(I)CO. The largest absolute Gasteiger partial charge is 0.465 e. The van der Waals surface area contributed by atoms with Crippen molar-refractivity contribution in [3.05, 3.63) is 0 Å². The molecule has 1 amide bonds. The van der Waals surface area contributed by atoms with Crippen LogP contribution in [0.1, 0.15) is 0 Å². The molecule has 0 radical (unpaired) electrons. The van der Waals surface area contributed by atoms with E-state index in [2.05, 4.69) is 0 Å². The van der Waals surface area contributed by atoms with Crippen LogP contribution in [0.3, 0.4) is 0 Å². The fourth-order valence-electron chi connectivity index (χ4n) is 1.01. The first-order valence-electron chi connectivity index (χ1n) is 4.28. The third kappa shape index (κ3) is 4.76. The van der Waals surface area contributed by atoms with E-state index in [1.165, 1.54) is 0 Å². The lowest BCUT2D eigenvalue weighted by atomic mass is 10.0. The molecule has 0 aromatic carbocycles. The summed E-state index contributed by atoms with van der Waals surface area (Å²) in [5.41, 5.74) is 0. The van der Waals surface area contributed by atoms with Crippen LogP contribution in [0.15, 0.2) is 0 Å². The number of carboxylic acid groups (broad SMARTS) is 1. The van der Waals surface area contributed by atoms with Crippen LogP contribution in [0.25, 0.3) is 0 Å². The molecule has 0 aliphatic heterocycles. The van der Waals surface area contributed by atoms with Gasteiger partial charge in [-0.1, -0.05) is 22.6 Å². The second kappa shape index (κ2) is 7.19. The molecule has 0 saturated heterocycles. The molecule has 16 heavy (non-hydrogen) atoms. The summed E-state index contributed by atoms with van der Waals surface area (Å²) in [6, 6.07) is -1.66. The molecular weight excluding hydrogens is 337 g/mol. The quantitative estimate of drug-likeness (QED) is 0.158. The molecule has 0 bridgehead atoms. The zero-order chi connectivity index (χ0) is 12.9. The summed E-state index contributed by atoms with van der Waals surface area (Å²) in [6.45, 7) is -0.444. The summed E-state index contributed by atoms with van der Waals surface area (Å²) in [7, 11) is 0. The molecule has 7 N–H and O–H groups in total. The number of halogens is 1. The minimum Gasteiger partial charge on any atom is -0.465 e. The number of aliphatic hydroxyl groups is 5. The van der Waals surface area contributed by atoms with E-state index in [0.717, 1.165) is 0 Å². The zero-order valence-electron chi connectivity index (χ0n) is 8.06. The molecule has 0 rings (SSSR count). The van der Waals surface area contributed by atoms with E-state index in [-0.39, 0.29) is 0 Å². The summed E-state index contributed by atoms with van der Waals surface area (Å²) in [4.78, 5) is 10.3. The Balaban J connectivity index is 4.59. The van der Waals surface area contributed by atoms with Crippen molar-refractivity contribution in [3.8, 4) is 0 Å². The average molecular weight is 351 g/mol. The Morgan fingerprint density at radius 2 is 1.69 bits per heavy atom. The predicted molar refractivity (Wildman–Crippen MR) is 60.1 cm³/mol. The van der Waals surface area contributed by atoms with Crippen molar-refractivity contribution in [3.63, 3.8) is 0 Å². The van der Waals surface area contributed by atoms with Crippen LogP contribution in [0, 0.1) is 0 Å². The monoisotopic (exact) mass is 351 g/mol. The van der Waals surface area contributed by atoms with Crippen molar-refractivity contribution in [2.75, 3.05) is 6.61 Å². The van der Waals surface area contributed by atoms with Crippen molar-refractivity contribution in [1.82, 2.24) is 5.32 Å². The fourth-order valence-corrected chi connectivity index (χ4v) is 1.44. The molecule has 0 aliphatic rings. The number of hydrogen-bond donors (Lipinski definition) is 7. The Hall–Kier alpha value is -0.200. The molecule has 0 aliphatic carbocycles. The Morgan fingerprint density at radius 3 is 2.00 bits per heavy atom. The second-order valence-electron chi connectivity index (χ2n) is 3.07. The van der Waals surface area contributed by atoms with Crippen molar-refractivity contribution in [2.45, 2.75) is 28.5 Å². The summed E-state index contributed by atoms with van der Waals surface area (Å²) in [6.07, 6.45) is -6.98. The normalized spacial score (nSPS) is 18.9. The average Bonchev–Trinajstić information content (AvgIpc) is 2.22. The maximum atomic E-state index is 10.3. The van der Waals surface area contributed by atoms with Crippen LogP contribution in [-0.4, -0.2) is 71.8 Å². The number of hydrogen-bond acceptors (Lipinski definition) is 6. The van der Waals surface area contributed by atoms with E-state index < -0.39 is 41.2 Å². The van der Waals surface area contributed by atoms with Gasteiger partial charge in [-0.3, -0.25) is 0 Å². The molecule has 0 fully saturated rings. The summed E-state index contributed by atoms with van der Waals surface area (Å²) in [5, 5.41) is 55.3. The van der Waals surface area contributed by atoms with E-state index >= 15 is 0 Å². The third-order valence-electron chi connectivity index (χ3n) is 1.87. The molecular formula is C7H14INO7. The highest BCUT2D eigenvalue weighted by atomic mass is 127. The predicted octanol–water partition coefficient (Wildman–Crippen LogP) is -2.55. The maximum Gasteiger partial charge on any atom is 0.405 e. The number of carbonyl (C=O) groups is 1. The highest BCUT2D eigenvalue weighted by Crippen LogP contribution is 2.13. The molecule has 0 saturated carbocycles. The molecule has 4 unspecified atom stereocenters. The molecule has 0 aromatic rings. The third-order valence-corrected chi connectivity index (χ3v) is 3.00. The molecule has 0 heterocycles. The zero-order valence-corrected chi connectivity index (χ0v) is 10.2. The van der Waals surface area contributed by atoms with Crippen LogP contribution >= 0.6 is 22.6 Å². The van der Waals surface area contributed by atoms with Gasteiger partial charge in [-0.2, -0.15) is 0 Å².